The second kappa shape index (κ2) is 4.86. The maximum absolute atomic E-state index is 13.5. The van der Waals surface area contributed by atoms with E-state index >= 15 is 0 Å². The molecular weight excluding hydrogens is 275 g/mol. The predicted octanol–water partition coefficient (Wildman–Crippen LogP) is 1.65. The topological polar surface area (TPSA) is 79.8 Å². The van der Waals surface area contributed by atoms with E-state index in [1.165, 1.54) is 35.0 Å². The summed E-state index contributed by atoms with van der Waals surface area (Å²) in [5.74, 6) is -0.952. The van der Waals surface area contributed by atoms with Gasteiger partial charge in [0.2, 0.25) is 5.56 Å². The molecule has 2 N–H and O–H groups in total. The number of aryl methyl sites for hydroxylation is 1. The fourth-order valence-corrected chi connectivity index (χ4v) is 2.04. The molecule has 0 saturated heterocycles. The van der Waals surface area contributed by atoms with Gasteiger partial charge in [-0.1, -0.05) is 12.1 Å². The van der Waals surface area contributed by atoms with E-state index < -0.39 is 11.7 Å². The Balaban J connectivity index is 1.95. The summed E-state index contributed by atoms with van der Waals surface area (Å²) in [7, 11) is 1.58. The Morgan fingerprint density at radius 3 is 2.90 bits per heavy atom. The van der Waals surface area contributed by atoms with E-state index in [4.69, 9.17) is 0 Å². The normalized spacial score (nSPS) is 10.8. The third kappa shape index (κ3) is 2.29. The smallest absolute Gasteiger partial charge is 0.276 e. The molecule has 2 aromatic heterocycles. The maximum atomic E-state index is 13.5. The molecule has 0 atom stereocenters. The van der Waals surface area contributed by atoms with Crippen LogP contribution in [0.3, 0.4) is 0 Å². The van der Waals surface area contributed by atoms with Crippen molar-refractivity contribution < 1.29 is 9.18 Å². The standard InChI is InChI=1S/C14H11FN4O2/c1-19-7-8(5-6-11(19)20)16-14(21)13-9-3-2-4-10(15)12(9)17-18-13/h2-7H,1H3,(H,16,21)(H,17,18). The molecule has 21 heavy (non-hydrogen) atoms. The molecule has 0 unspecified atom stereocenters. The van der Waals surface area contributed by atoms with Crippen LogP contribution >= 0.6 is 0 Å². The average Bonchev–Trinajstić information content (AvgIpc) is 2.88. The maximum Gasteiger partial charge on any atom is 0.276 e. The minimum atomic E-state index is -0.481. The summed E-state index contributed by atoms with van der Waals surface area (Å²) >= 11 is 0. The van der Waals surface area contributed by atoms with Gasteiger partial charge in [0.25, 0.3) is 5.91 Å². The highest BCUT2D eigenvalue weighted by Gasteiger charge is 2.16. The highest BCUT2D eigenvalue weighted by molar-refractivity contribution is 6.11. The Bertz CT molecular complexity index is 897. The highest BCUT2D eigenvalue weighted by atomic mass is 19.1. The number of H-pyrrole nitrogens is 1. The summed E-state index contributed by atoms with van der Waals surface area (Å²) in [5, 5.41) is 9.37. The summed E-state index contributed by atoms with van der Waals surface area (Å²) in [5.41, 5.74) is 0.552. The number of amides is 1. The van der Waals surface area contributed by atoms with Crippen molar-refractivity contribution in [2.75, 3.05) is 5.32 Å². The van der Waals surface area contributed by atoms with Crippen LogP contribution < -0.4 is 10.9 Å². The molecule has 0 radical (unpaired) electrons. The molecule has 7 heteroatoms. The Morgan fingerprint density at radius 2 is 2.14 bits per heavy atom. The van der Waals surface area contributed by atoms with Crippen LogP contribution in [0.4, 0.5) is 10.1 Å². The number of hydrogen-bond donors (Lipinski definition) is 2. The van der Waals surface area contributed by atoms with Gasteiger partial charge in [-0.2, -0.15) is 5.10 Å². The van der Waals surface area contributed by atoms with Crippen molar-refractivity contribution in [3.63, 3.8) is 0 Å². The number of fused-ring (bicyclic) bond motifs is 1. The van der Waals surface area contributed by atoms with Gasteiger partial charge in [-0.15, -0.1) is 0 Å². The van der Waals surface area contributed by atoms with Gasteiger partial charge < -0.3 is 9.88 Å². The molecule has 0 aliphatic carbocycles. The Kier molecular flexibility index (Phi) is 3.02. The molecular formula is C14H11FN4O2. The number of nitrogens with zero attached hydrogens (tertiary/aromatic N) is 2. The quantitative estimate of drug-likeness (QED) is 0.751. The van der Waals surface area contributed by atoms with Crippen LogP contribution in [0.1, 0.15) is 10.5 Å². The summed E-state index contributed by atoms with van der Waals surface area (Å²) in [6, 6.07) is 7.25. The number of halogens is 1. The molecule has 0 aliphatic heterocycles. The van der Waals surface area contributed by atoms with E-state index in [1.54, 1.807) is 13.1 Å². The van der Waals surface area contributed by atoms with Crippen molar-refractivity contribution in [1.82, 2.24) is 14.8 Å². The van der Waals surface area contributed by atoms with E-state index in [0.717, 1.165) is 0 Å². The van der Waals surface area contributed by atoms with Gasteiger partial charge in [0.15, 0.2) is 5.69 Å². The first-order valence-corrected chi connectivity index (χ1v) is 6.17. The number of nitrogens with one attached hydrogen (secondary N) is 2. The van der Waals surface area contributed by atoms with Gasteiger partial charge in [-0.05, 0) is 12.1 Å². The largest absolute Gasteiger partial charge is 0.319 e. The number of rotatable bonds is 2. The predicted molar refractivity (Wildman–Crippen MR) is 75.7 cm³/mol. The van der Waals surface area contributed by atoms with Gasteiger partial charge in [-0.3, -0.25) is 14.7 Å². The molecule has 6 nitrogen and oxygen atoms in total. The third-order valence-electron chi connectivity index (χ3n) is 3.11. The highest BCUT2D eigenvalue weighted by Crippen LogP contribution is 2.19. The second-order valence-corrected chi connectivity index (χ2v) is 4.56. The summed E-state index contributed by atoms with van der Waals surface area (Å²) < 4.78 is 14.9. The fourth-order valence-electron chi connectivity index (χ4n) is 2.04. The molecule has 1 amide bonds. The Labute approximate surface area is 118 Å². The first-order valence-electron chi connectivity index (χ1n) is 6.17. The number of anilines is 1. The number of hydrogen-bond acceptors (Lipinski definition) is 3. The van der Waals surface area contributed by atoms with Gasteiger partial charge in [0.1, 0.15) is 11.3 Å². The summed E-state index contributed by atoms with van der Waals surface area (Å²) in [4.78, 5) is 23.5. The number of carbonyl (C=O) groups excluding carboxylic acids is 1. The minimum absolute atomic E-state index is 0.0957. The zero-order valence-corrected chi connectivity index (χ0v) is 11.1. The van der Waals surface area contributed by atoms with Crippen LogP contribution in [0.15, 0.2) is 41.3 Å². The van der Waals surface area contributed by atoms with Crippen molar-refractivity contribution in [2.45, 2.75) is 0 Å². The van der Waals surface area contributed by atoms with Crippen LogP contribution in [-0.4, -0.2) is 20.7 Å². The monoisotopic (exact) mass is 286 g/mol. The van der Waals surface area contributed by atoms with Crippen molar-refractivity contribution in [1.29, 1.82) is 0 Å². The molecule has 3 rings (SSSR count). The number of carbonyl (C=O) groups is 1. The van der Waals surface area contributed by atoms with E-state index in [2.05, 4.69) is 15.5 Å². The minimum Gasteiger partial charge on any atom is -0.319 e. The van der Waals surface area contributed by atoms with Crippen molar-refractivity contribution >= 4 is 22.5 Å². The van der Waals surface area contributed by atoms with E-state index in [0.29, 0.717) is 11.1 Å². The van der Waals surface area contributed by atoms with Crippen molar-refractivity contribution in [3.05, 3.63) is 58.4 Å². The molecule has 2 heterocycles. The van der Waals surface area contributed by atoms with Crippen molar-refractivity contribution in [2.24, 2.45) is 7.05 Å². The number of benzene rings is 1. The lowest BCUT2D eigenvalue weighted by Gasteiger charge is -2.05. The third-order valence-corrected chi connectivity index (χ3v) is 3.11. The summed E-state index contributed by atoms with van der Waals surface area (Å²) in [6.45, 7) is 0. The second-order valence-electron chi connectivity index (χ2n) is 4.56. The fraction of sp³-hybridized carbons (Fsp3) is 0.0714. The Hall–Kier alpha value is -2.96. The van der Waals surface area contributed by atoms with Gasteiger partial charge in [0, 0.05) is 24.7 Å². The molecule has 1 aromatic carbocycles. The lowest BCUT2D eigenvalue weighted by molar-refractivity contribution is 0.102. The van der Waals surface area contributed by atoms with Gasteiger partial charge in [0.05, 0.1) is 5.69 Å². The van der Waals surface area contributed by atoms with Crippen LogP contribution in [-0.2, 0) is 7.05 Å². The number of aromatic nitrogens is 3. The molecule has 0 spiro atoms. The average molecular weight is 286 g/mol. The van der Waals surface area contributed by atoms with Crippen LogP contribution in [0.5, 0.6) is 0 Å². The number of para-hydroxylation sites is 1. The van der Waals surface area contributed by atoms with Crippen molar-refractivity contribution in [3.8, 4) is 0 Å². The SMILES string of the molecule is Cn1cc(NC(=O)c2n[nH]c3c(F)cccc23)ccc1=O. The Morgan fingerprint density at radius 1 is 1.33 bits per heavy atom. The van der Waals surface area contributed by atoms with E-state index in [-0.39, 0.29) is 16.8 Å². The molecule has 0 saturated carbocycles. The van der Waals surface area contributed by atoms with Gasteiger partial charge in [-0.25, -0.2) is 4.39 Å². The number of aromatic amines is 1. The molecule has 106 valence electrons. The molecule has 3 aromatic rings. The van der Waals surface area contributed by atoms with E-state index in [9.17, 15) is 14.0 Å². The lowest BCUT2D eigenvalue weighted by Crippen LogP contribution is -2.18. The van der Waals surface area contributed by atoms with Crippen LogP contribution in [0, 0.1) is 5.82 Å². The van der Waals surface area contributed by atoms with Crippen LogP contribution in [0.25, 0.3) is 10.9 Å². The zero-order chi connectivity index (χ0) is 15.0. The first-order chi connectivity index (χ1) is 10.1. The number of pyridine rings is 1. The molecule has 0 bridgehead atoms. The molecule has 0 aliphatic rings. The van der Waals surface area contributed by atoms with E-state index in [1.807, 2.05) is 0 Å². The lowest BCUT2D eigenvalue weighted by atomic mass is 10.2. The van der Waals surface area contributed by atoms with Gasteiger partial charge >= 0.3 is 0 Å². The first kappa shape index (κ1) is 13.0. The molecule has 0 fully saturated rings. The zero-order valence-electron chi connectivity index (χ0n) is 11.1. The summed E-state index contributed by atoms with van der Waals surface area (Å²) in [6.07, 6.45) is 1.50. The van der Waals surface area contributed by atoms with Crippen LogP contribution in [0.2, 0.25) is 0 Å².